The molecule has 5 heteroatoms. The minimum Gasteiger partial charge on any atom is -0.396 e. The molecule has 1 amide bonds. The van der Waals surface area contributed by atoms with Crippen molar-refractivity contribution < 1.29 is 18.7 Å². The van der Waals surface area contributed by atoms with E-state index in [9.17, 15) is 13.6 Å². The average Bonchev–Trinajstić information content (AvgIpc) is 2.35. The summed E-state index contributed by atoms with van der Waals surface area (Å²) in [5, 5.41) is 8.73. The van der Waals surface area contributed by atoms with Gasteiger partial charge in [0, 0.05) is 19.7 Å². The highest BCUT2D eigenvalue weighted by atomic mass is 19.1. The fourth-order valence-electron chi connectivity index (χ4n) is 1.68. The van der Waals surface area contributed by atoms with E-state index in [4.69, 9.17) is 5.11 Å². The van der Waals surface area contributed by atoms with E-state index >= 15 is 0 Å². The second-order valence-electron chi connectivity index (χ2n) is 4.02. The molecule has 0 spiro atoms. The summed E-state index contributed by atoms with van der Waals surface area (Å²) in [5.41, 5.74) is -0.284. The van der Waals surface area contributed by atoms with Crippen molar-refractivity contribution in [1.82, 2.24) is 4.90 Å². The van der Waals surface area contributed by atoms with Crippen LogP contribution in [0.5, 0.6) is 0 Å². The van der Waals surface area contributed by atoms with Crippen LogP contribution < -0.4 is 0 Å². The predicted molar refractivity (Wildman–Crippen MR) is 64.4 cm³/mol. The van der Waals surface area contributed by atoms with Crippen molar-refractivity contribution >= 4 is 5.91 Å². The van der Waals surface area contributed by atoms with Crippen LogP contribution >= 0.6 is 0 Å². The number of halogens is 2. The van der Waals surface area contributed by atoms with E-state index in [2.05, 4.69) is 0 Å². The molecule has 0 saturated carbocycles. The normalized spacial score (nSPS) is 10.5. The first-order chi connectivity index (χ1) is 8.52. The van der Waals surface area contributed by atoms with Crippen LogP contribution in [0.3, 0.4) is 0 Å². The van der Waals surface area contributed by atoms with Gasteiger partial charge in [0.15, 0.2) is 0 Å². The quantitative estimate of drug-likeness (QED) is 0.877. The number of aliphatic hydroxyl groups excluding tert-OH is 1. The van der Waals surface area contributed by atoms with Gasteiger partial charge in [0.25, 0.3) is 5.91 Å². The Hall–Kier alpha value is -1.49. The van der Waals surface area contributed by atoms with Crippen LogP contribution in [0.4, 0.5) is 8.78 Å². The largest absolute Gasteiger partial charge is 0.396 e. The number of nitrogens with zero attached hydrogens (tertiary/aromatic N) is 1. The van der Waals surface area contributed by atoms with Crippen LogP contribution in [0.15, 0.2) is 12.1 Å². The molecule has 0 aliphatic rings. The lowest BCUT2D eigenvalue weighted by atomic mass is 10.1. The molecular formula is C13H17F2NO2. The Morgan fingerprint density at radius 1 is 1.39 bits per heavy atom. The molecule has 0 aliphatic heterocycles. The van der Waals surface area contributed by atoms with Crippen molar-refractivity contribution in [3.05, 3.63) is 34.9 Å². The number of hydrogen-bond donors (Lipinski definition) is 1. The number of aliphatic hydroxyl groups is 1. The van der Waals surface area contributed by atoms with Gasteiger partial charge in [-0.25, -0.2) is 8.78 Å². The SMILES string of the molecule is CCN(CCCO)C(=O)c1c(F)ccc(C)c1F. The summed E-state index contributed by atoms with van der Waals surface area (Å²) in [6.45, 7) is 3.75. The fourth-order valence-corrected chi connectivity index (χ4v) is 1.68. The second kappa shape index (κ2) is 6.44. The van der Waals surface area contributed by atoms with Crippen molar-refractivity contribution in [1.29, 1.82) is 0 Å². The standard InChI is InChI=1S/C13H17F2NO2/c1-3-16(7-4-8-17)13(18)11-10(14)6-5-9(2)12(11)15/h5-6,17H,3-4,7-8H2,1-2H3. The molecule has 1 aromatic rings. The first-order valence-electron chi connectivity index (χ1n) is 5.87. The molecule has 1 aromatic carbocycles. The van der Waals surface area contributed by atoms with E-state index in [1.165, 1.54) is 17.9 Å². The summed E-state index contributed by atoms with van der Waals surface area (Å²) >= 11 is 0. The minimum atomic E-state index is -0.856. The fraction of sp³-hybridized carbons (Fsp3) is 0.462. The molecule has 18 heavy (non-hydrogen) atoms. The van der Waals surface area contributed by atoms with Gasteiger partial charge in [-0.2, -0.15) is 0 Å². The highest BCUT2D eigenvalue weighted by molar-refractivity contribution is 5.95. The number of aryl methyl sites for hydroxylation is 1. The summed E-state index contributed by atoms with van der Waals surface area (Å²) in [6, 6.07) is 2.39. The van der Waals surface area contributed by atoms with Crippen molar-refractivity contribution in [2.75, 3.05) is 19.7 Å². The zero-order chi connectivity index (χ0) is 13.7. The number of carbonyl (C=O) groups is 1. The van der Waals surface area contributed by atoms with E-state index in [1.54, 1.807) is 6.92 Å². The summed E-state index contributed by atoms with van der Waals surface area (Å²) in [4.78, 5) is 13.4. The first-order valence-corrected chi connectivity index (χ1v) is 5.87. The molecule has 1 rings (SSSR count). The minimum absolute atomic E-state index is 0.0669. The maximum atomic E-state index is 13.8. The van der Waals surface area contributed by atoms with Crippen LogP contribution in [0, 0.1) is 18.6 Å². The third kappa shape index (κ3) is 3.04. The molecule has 0 atom stereocenters. The van der Waals surface area contributed by atoms with E-state index in [-0.39, 0.29) is 18.7 Å². The topological polar surface area (TPSA) is 40.5 Å². The molecule has 100 valence electrons. The average molecular weight is 257 g/mol. The zero-order valence-corrected chi connectivity index (χ0v) is 10.5. The third-order valence-corrected chi connectivity index (χ3v) is 2.75. The van der Waals surface area contributed by atoms with Crippen LogP contribution in [0.25, 0.3) is 0 Å². The van der Waals surface area contributed by atoms with Gasteiger partial charge in [-0.1, -0.05) is 6.07 Å². The summed E-state index contributed by atoms with van der Waals surface area (Å²) in [6.07, 6.45) is 0.384. The number of benzene rings is 1. The Morgan fingerprint density at radius 3 is 2.61 bits per heavy atom. The third-order valence-electron chi connectivity index (χ3n) is 2.75. The molecule has 0 heterocycles. The molecule has 0 radical (unpaired) electrons. The van der Waals surface area contributed by atoms with E-state index in [0.717, 1.165) is 6.07 Å². The second-order valence-corrected chi connectivity index (χ2v) is 4.02. The number of rotatable bonds is 5. The number of carbonyl (C=O) groups excluding carboxylic acids is 1. The zero-order valence-electron chi connectivity index (χ0n) is 10.5. The number of amides is 1. The van der Waals surface area contributed by atoms with Gasteiger partial charge in [-0.05, 0) is 31.9 Å². The molecule has 0 unspecified atom stereocenters. The Kier molecular flexibility index (Phi) is 5.22. The molecule has 0 aliphatic carbocycles. The maximum absolute atomic E-state index is 13.8. The summed E-state index contributed by atoms with van der Waals surface area (Å²) < 4.78 is 27.4. The van der Waals surface area contributed by atoms with Gasteiger partial charge in [-0.3, -0.25) is 4.79 Å². The van der Waals surface area contributed by atoms with E-state index < -0.39 is 23.1 Å². The smallest absolute Gasteiger partial charge is 0.259 e. The highest BCUT2D eigenvalue weighted by Gasteiger charge is 2.23. The van der Waals surface area contributed by atoms with Gasteiger partial charge in [-0.15, -0.1) is 0 Å². The van der Waals surface area contributed by atoms with Crippen LogP contribution in [0.1, 0.15) is 29.3 Å². The van der Waals surface area contributed by atoms with Gasteiger partial charge in [0.2, 0.25) is 0 Å². The Balaban J connectivity index is 3.05. The molecule has 0 saturated heterocycles. The van der Waals surface area contributed by atoms with Gasteiger partial charge >= 0.3 is 0 Å². The summed E-state index contributed by atoms with van der Waals surface area (Å²) in [7, 11) is 0. The van der Waals surface area contributed by atoms with Crippen LogP contribution in [-0.2, 0) is 0 Å². The van der Waals surface area contributed by atoms with E-state index in [1.807, 2.05) is 0 Å². The van der Waals surface area contributed by atoms with E-state index in [0.29, 0.717) is 13.0 Å². The highest BCUT2D eigenvalue weighted by Crippen LogP contribution is 2.18. The molecule has 0 aromatic heterocycles. The van der Waals surface area contributed by atoms with Gasteiger partial charge in [0.1, 0.15) is 17.2 Å². The Morgan fingerprint density at radius 2 is 2.06 bits per heavy atom. The Labute approximate surface area is 105 Å². The van der Waals surface area contributed by atoms with Crippen LogP contribution in [0.2, 0.25) is 0 Å². The first kappa shape index (κ1) is 14.6. The number of hydrogen-bond acceptors (Lipinski definition) is 2. The maximum Gasteiger partial charge on any atom is 0.259 e. The summed E-state index contributed by atoms with van der Waals surface area (Å²) in [5.74, 6) is -2.35. The van der Waals surface area contributed by atoms with Crippen molar-refractivity contribution in [3.8, 4) is 0 Å². The van der Waals surface area contributed by atoms with Crippen molar-refractivity contribution in [2.24, 2.45) is 0 Å². The monoisotopic (exact) mass is 257 g/mol. The van der Waals surface area contributed by atoms with Gasteiger partial charge < -0.3 is 10.0 Å². The molecule has 1 N–H and O–H groups in total. The molecule has 0 fully saturated rings. The Bertz CT molecular complexity index is 435. The van der Waals surface area contributed by atoms with Crippen molar-refractivity contribution in [2.45, 2.75) is 20.3 Å². The molecular weight excluding hydrogens is 240 g/mol. The molecule has 0 bridgehead atoms. The molecule has 3 nitrogen and oxygen atoms in total. The van der Waals surface area contributed by atoms with Crippen LogP contribution in [-0.4, -0.2) is 35.6 Å². The predicted octanol–water partition coefficient (Wildman–Crippen LogP) is 2.12. The lowest BCUT2D eigenvalue weighted by Crippen LogP contribution is -2.33. The van der Waals surface area contributed by atoms with Crippen molar-refractivity contribution in [3.63, 3.8) is 0 Å². The lowest BCUT2D eigenvalue weighted by molar-refractivity contribution is 0.0744. The van der Waals surface area contributed by atoms with Gasteiger partial charge in [0.05, 0.1) is 0 Å². The lowest BCUT2D eigenvalue weighted by Gasteiger charge is -2.21.